The minimum absolute atomic E-state index is 0.143. The van der Waals surface area contributed by atoms with E-state index >= 15 is 0 Å². The Kier molecular flexibility index (Phi) is 3.51. The molecule has 1 heterocycles. The molecule has 0 aliphatic rings. The number of benzene rings is 1. The summed E-state index contributed by atoms with van der Waals surface area (Å²) >= 11 is 0. The average Bonchev–Trinajstić information content (AvgIpc) is 2.37. The number of nitrogens with zero attached hydrogens (tertiary/aromatic N) is 1. The number of hydrogen-bond acceptors (Lipinski definition) is 2. The number of aryl methyl sites for hydroxylation is 1. The van der Waals surface area contributed by atoms with Gasteiger partial charge >= 0.3 is 5.97 Å². The summed E-state index contributed by atoms with van der Waals surface area (Å²) in [5, 5.41) is 9.15. The van der Waals surface area contributed by atoms with Gasteiger partial charge in [-0.1, -0.05) is 30.3 Å². The van der Waals surface area contributed by atoms with Crippen molar-refractivity contribution in [2.75, 3.05) is 0 Å². The number of carbonyl (C=O) groups is 1. The van der Waals surface area contributed by atoms with Gasteiger partial charge in [0.1, 0.15) is 5.56 Å². The smallest absolute Gasteiger partial charge is 0.341 e. The monoisotopic (exact) mass is 257 g/mol. The number of aromatic carboxylic acids is 1. The summed E-state index contributed by atoms with van der Waals surface area (Å²) in [6, 6.07) is 9.48. The highest BCUT2D eigenvalue weighted by Gasteiger charge is 2.16. The molecular weight excluding hydrogens is 242 g/mol. The number of aromatic nitrogens is 1. The maximum atomic E-state index is 12.2. The normalized spacial score (nSPS) is 10.4. The molecule has 0 aliphatic heterocycles. The zero-order valence-corrected chi connectivity index (χ0v) is 10.9. The Morgan fingerprint density at radius 1 is 1.21 bits per heavy atom. The number of rotatable bonds is 3. The summed E-state index contributed by atoms with van der Waals surface area (Å²) < 4.78 is 1.45. The van der Waals surface area contributed by atoms with Gasteiger partial charge in [0.05, 0.1) is 6.54 Å². The zero-order chi connectivity index (χ0) is 14.0. The van der Waals surface area contributed by atoms with Crippen LogP contribution in [0.1, 0.15) is 27.0 Å². The fourth-order valence-corrected chi connectivity index (χ4v) is 2.04. The molecule has 2 aromatic rings. The molecule has 1 aromatic heterocycles. The van der Waals surface area contributed by atoms with E-state index in [0.29, 0.717) is 12.1 Å². The third-order valence-corrected chi connectivity index (χ3v) is 3.20. The molecule has 0 amide bonds. The number of hydrogen-bond donors (Lipinski definition) is 1. The molecule has 98 valence electrons. The standard InChI is InChI=1S/C15H15NO3/c1-10-8-16(9-12-6-4-3-5-7-12)14(17)13(11(10)2)15(18)19/h3-8H,9H2,1-2H3,(H,18,19). The van der Waals surface area contributed by atoms with Crippen LogP contribution in [0, 0.1) is 13.8 Å². The van der Waals surface area contributed by atoms with Crippen LogP contribution in [0.5, 0.6) is 0 Å². The Balaban J connectivity index is 2.54. The van der Waals surface area contributed by atoms with Gasteiger partial charge < -0.3 is 9.67 Å². The summed E-state index contributed by atoms with van der Waals surface area (Å²) in [6.45, 7) is 3.84. The summed E-state index contributed by atoms with van der Waals surface area (Å²) in [6.07, 6.45) is 1.71. The van der Waals surface area contributed by atoms with E-state index in [1.54, 1.807) is 13.1 Å². The van der Waals surface area contributed by atoms with E-state index in [0.717, 1.165) is 11.1 Å². The van der Waals surface area contributed by atoms with E-state index in [9.17, 15) is 9.59 Å². The maximum Gasteiger partial charge on any atom is 0.341 e. The van der Waals surface area contributed by atoms with Crippen molar-refractivity contribution in [3.8, 4) is 0 Å². The van der Waals surface area contributed by atoms with Gasteiger partial charge in [0.25, 0.3) is 5.56 Å². The first-order valence-electron chi connectivity index (χ1n) is 5.98. The van der Waals surface area contributed by atoms with Gasteiger partial charge in [0, 0.05) is 6.20 Å². The molecule has 2 rings (SSSR count). The molecular formula is C15H15NO3. The highest BCUT2D eigenvalue weighted by molar-refractivity contribution is 5.89. The third-order valence-electron chi connectivity index (χ3n) is 3.20. The van der Waals surface area contributed by atoms with E-state index in [1.807, 2.05) is 37.3 Å². The molecule has 1 aromatic carbocycles. The molecule has 4 heteroatoms. The van der Waals surface area contributed by atoms with Crippen molar-refractivity contribution >= 4 is 5.97 Å². The molecule has 0 aliphatic carbocycles. The van der Waals surface area contributed by atoms with Gasteiger partial charge in [-0.05, 0) is 30.5 Å². The molecule has 0 bridgehead atoms. The van der Waals surface area contributed by atoms with E-state index in [2.05, 4.69) is 0 Å². The second kappa shape index (κ2) is 5.10. The van der Waals surface area contributed by atoms with E-state index in [4.69, 9.17) is 5.11 Å². The van der Waals surface area contributed by atoms with Gasteiger partial charge in [0.2, 0.25) is 0 Å². The molecule has 0 fully saturated rings. The quantitative estimate of drug-likeness (QED) is 0.917. The van der Waals surface area contributed by atoms with Crippen LogP contribution in [0.4, 0.5) is 0 Å². The highest BCUT2D eigenvalue weighted by atomic mass is 16.4. The van der Waals surface area contributed by atoms with Crippen LogP contribution in [0.2, 0.25) is 0 Å². The van der Waals surface area contributed by atoms with Crippen molar-refractivity contribution in [2.45, 2.75) is 20.4 Å². The number of carboxylic acids is 1. The fraction of sp³-hybridized carbons (Fsp3) is 0.200. The molecule has 0 saturated heterocycles. The van der Waals surface area contributed by atoms with Crippen LogP contribution < -0.4 is 5.56 Å². The van der Waals surface area contributed by atoms with Crippen LogP contribution in [-0.4, -0.2) is 15.6 Å². The predicted octanol–water partition coefficient (Wildman–Crippen LogP) is 2.21. The predicted molar refractivity (Wildman–Crippen MR) is 72.7 cm³/mol. The summed E-state index contributed by atoms with van der Waals surface area (Å²) in [4.78, 5) is 23.4. The second-order valence-electron chi connectivity index (χ2n) is 4.54. The zero-order valence-electron chi connectivity index (χ0n) is 10.9. The second-order valence-corrected chi connectivity index (χ2v) is 4.54. The maximum absolute atomic E-state index is 12.2. The molecule has 19 heavy (non-hydrogen) atoms. The lowest BCUT2D eigenvalue weighted by Gasteiger charge is -2.11. The van der Waals surface area contributed by atoms with Crippen molar-refractivity contribution in [3.05, 3.63) is 69.1 Å². The van der Waals surface area contributed by atoms with E-state index in [1.165, 1.54) is 4.57 Å². The number of pyridine rings is 1. The van der Waals surface area contributed by atoms with Gasteiger partial charge in [-0.15, -0.1) is 0 Å². The minimum atomic E-state index is -1.17. The summed E-state index contributed by atoms with van der Waals surface area (Å²) in [5.74, 6) is -1.17. The minimum Gasteiger partial charge on any atom is -0.477 e. The largest absolute Gasteiger partial charge is 0.477 e. The molecule has 4 nitrogen and oxygen atoms in total. The van der Waals surface area contributed by atoms with Crippen LogP contribution in [0.25, 0.3) is 0 Å². The van der Waals surface area contributed by atoms with Crippen molar-refractivity contribution < 1.29 is 9.90 Å². The SMILES string of the molecule is Cc1cn(Cc2ccccc2)c(=O)c(C(=O)O)c1C. The van der Waals surface area contributed by atoms with Gasteiger partial charge in [0.15, 0.2) is 0 Å². The van der Waals surface area contributed by atoms with Crippen LogP contribution in [-0.2, 0) is 6.54 Å². The molecule has 0 saturated carbocycles. The van der Waals surface area contributed by atoms with Crippen molar-refractivity contribution in [1.82, 2.24) is 4.57 Å². The molecule has 0 spiro atoms. The van der Waals surface area contributed by atoms with Crippen molar-refractivity contribution in [3.63, 3.8) is 0 Å². The van der Waals surface area contributed by atoms with Crippen LogP contribution in [0.15, 0.2) is 41.3 Å². The lowest BCUT2D eigenvalue weighted by atomic mass is 10.1. The first-order valence-corrected chi connectivity index (χ1v) is 5.98. The topological polar surface area (TPSA) is 59.3 Å². The van der Waals surface area contributed by atoms with E-state index < -0.39 is 11.5 Å². The molecule has 0 unspecified atom stereocenters. The van der Waals surface area contributed by atoms with Crippen LogP contribution >= 0.6 is 0 Å². The summed E-state index contributed by atoms with van der Waals surface area (Å²) in [7, 11) is 0. The lowest BCUT2D eigenvalue weighted by molar-refractivity contribution is 0.0693. The Hall–Kier alpha value is -2.36. The Morgan fingerprint density at radius 3 is 2.42 bits per heavy atom. The van der Waals surface area contributed by atoms with Gasteiger partial charge in [-0.3, -0.25) is 4.79 Å². The van der Waals surface area contributed by atoms with E-state index in [-0.39, 0.29) is 5.56 Å². The number of carboxylic acid groups (broad SMARTS) is 1. The molecule has 0 atom stereocenters. The lowest BCUT2D eigenvalue weighted by Crippen LogP contribution is -2.28. The highest BCUT2D eigenvalue weighted by Crippen LogP contribution is 2.10. The van der Waals surface area contributed by atoms with Crippen molar-refractivity contribution in [1.29, 1.82) is 0 Å². The van der Waals surface area contributed by atoms with Crippen LogP contribution in [0.3, 0.4) is 0 Å². The first kappa shape index (κ1) is 13.1. The fourth-order valence-electron chi connectivity index (χ4n) is 2.04. The Labute approximate surface area is 110 Å². The molecule has 0 radical (unpaired) electrons. The average molecular weight is 257 g/mol. The third kappa shape index (κ3) is 2.57. The van der Waals surface area contributed by atoms with Crippen molar-refractivity contribution in [2.24, 2.45) is 0 Å². The first-order chi connectivity index (χ1) is 9.00. The van der Waals surface area contributed by atoms with Gasteiger partial charge in [-0.2, -0.15) is 0 Å². The molecule has 1 N–H and O–H groups in total. The Morgan fingerprint density at radius 2 is 1.84 bits per heavy atom. The summed E-state index contributed by atoms with van der Waals surface area (Å²) in [5.41, 5.74) is 1.69. The Bertz CT molecular complexity index is 672. The van der Waals surface area contributed by atoms with Gasteiger partial charge in [-0.25, -0.2) is 4.79 Å².